The number of nitrogens with zero attached hydrogens (tertiary/aromatic N) is 6. The fourth-order valence-corrected chi connectivity index (χ4v) is 5.93. The van der Waals surface area contributed by atoms with Crippen molar-refractivity contribution in [1.29, 1.82) is 0 Å². The van der Waals surface area contributed by atoms with E-state index in [4.69, 9.17) is 0 Å². The van der Waals surface area contributed by atoms with Crippen LogP contribution in [-0.2, 0) is 25.2 Å². The van der Waals surface area contributed by atoms with E-state index >= 15 is 0 Å². The Morgan fingerprint density at radius 3 is 2.15 bits per heavy atom. The minimum Gasteiger partial charge on any atom is -0.303 e. The topological polar surface area (TPSA) is 67.2 Å². The number of carbonyl (C=O) groups excluding carboxylic acids is 1. The fraction of sp³-hybridized carbons (Fsp3) is 0.231. The molecule has 0 saturated carbocycles. The van der Waals surface area contributed by atoms with E-state index in [0.29, 0.717) is 17.3 Å². The van der Waals surface area contributed by atoms with Gasteiger partial charge in [0.2, 0.25) is 0 Å². The molecule has 7 nitrogen and oxygen atoms in total. The van der Waals surface area contributed by atoms with Gasteiger partial charge in [-0.3, -0.25) is 14.3 Å². The lowest BCUT2D eigenvalue weighted by atomic mass is 10.2. The van der Waals surface area contributed by atoms with Crippen molar-refractivity contribution in [3.63, 3.8) is 0 Å². The molecule has 0 radical (unpaired) electrons. The van der Waals surface area contributed by atoms with Crippen LogP contribution in [0.3, 0.4) is 0 Å². The Kier molecular flexibility index (Phi) is 6.16. The van der Waals surface area contributed by atoms with E-state index in [2.05, 4.69) is 15.0 Å². The van der Waals surface area contributed by atoms with Gasteiger partial charge in [-0.1, -0.05) is 0 Å². The molecule has 1 aliphatic heterocycles. The van der Waals surface area contributed by atoms with E-state index in [1.165, 1.54) is 62.6 Å². The van der Waals surface area contributed by atoms with E-state index in [0.717, 1.165) is 41.8 Å². The minimum atomic E-state index is -4.59. The predicted octanol–water partition coefficient (Wildman–Crippen LogP) is 6.38. The molecule has 206 valence electrons. The average Bonchev–Trinajstić information content (AvgIpc) is 3.70. The first-order valence-corrected chi connectivity index (χ1v) is 12.8. The molecule has 0 unspecified atom stereocenters. The number of imidazole rings is 1. The summed E-state index contributed by atoms with van der Waals surface area (Å²) in [5.41, 5.74) is -0.754. The number of aromatic nitrogens is 4. The first kappa shape index (κ1) is 26.0. The van der Waals surface area contributed by atoms with Crippen LogP contribution in [0.2, 0.25) is 0 Å². The van der Waals surface area contributed by atoms with Crippen molar-refractivity contribution in [2.24, 2.45) is 0 Å². The molecule has 4 aromatic heterocycles. The van der Waals surface area contributed by atoms with Crippen LogP contribution in [-0.4, -0.2) is 30.3 Å². The van der Waals surface area contributed by atoms with E-state index in [9.17, 15) is 31.1 Å². The number of hydrogen-bond acceptors (Lipinski definition) is 6. The molecule has 14 heteroatoms. The lowest BCUT2D eigenvalue weighted by molar-refractivity contribution is -0.138. The Morgan fingerprint density at radius 2 is 1.55 bits per heavy atom. The van der Waals surface area contributed by atoms with Gasteiger partial charge in [-0.25, -0.2) is 15.0 Å². The Morgan fingerprint density at radius 1 is 0.875 bits per heavy atom. The lowest BCUT2D eigenvalue weighted by Gasteiger charge is -2.30. The Labute approximate surface area is 227 Å². The number of anilines is 1. The largest absolute Gasteiger partial charge is 0.417 e. The molecule has 1 amide bonds. The van der Waals surface area contributed by atoms with Crippen LogP contribution in [0.4, 0.5) is 32.2 Å². The highest BCUT2D eigenvalue weighted by Crippen LogP contribution is 2.39. The molecule has 1 aliphatic carbocycles. The van der Waals surface area contributed by atoms with Gasteiger partial charge < -0.3 is 4.90 Å². The molecule has 0 bridgehead atoms. The molecular weight excluding hydrogens is 558 g/mol. The highest BCUT2D eigenvalue weighted by atomic mass is 32.1. The van der Waals surface area contributed by atoms with E-state index in [-0.39, 0.29) is 23.4 Å². The van der Waals surface area contributed by atoms with Gasteiger partial charge in [0.1, 0.15) is 11.6 Å². The van der Waals surface area contributed by atoms with Gasteiger partial charge in [0.25, 0.3) is 5.91 Å². The Balaban J connectivity index is 1.40. The zero-order valence-corrected chi connectivity index (χ0v) is 21.1. The average molecular weight is 577 g/mol. The highest BCUT2D eigenvalue weighted by Gasteiger charge is 2.39. The molecule has 0 aromatic carbocycles. The second-order valence-electron chi connectivity index (χ2n) is 9.17. The normalized spacial score (nSPS) is 17.1. The maximum atomic E-state index is 13.7. The van der Waals surface area contributed by atoms with Crippen molar-refractivity contribution in [2.45, 2.75) is 37.8 Å². The van der Waals surface area contributed by atoms with E-state index < -0.39 is 29.6 Å². The molecule has 2 aliphatic rings. The summed E-state index contributed by atoms with van der Waals surface area (Å²) in [6, 6.07) is 5.96. The standard InChI is InChI=1S/C26H18F6N6OS/c27-25(28,29)16-4-6-20(34-13-16)36-9-8-33-22(36)23-37(21-7-5-17(14-35-21)26(30,31)32)10-11-38(23)24(39)19-12-15-2-1-3-18(15)40-19/h4-14,23H,1-3H2/t23-/m1/s1. The zero-order chi connectivity index (χ0) is 28.2. The van der Waals surface area contributed by atoms with Crippen LogP contribution in [0.5, 0.6) is 0 Å². The maximum absolute atomic E-state index is 13.7. The number of rotatable bonds is 4. The molecule has 0 N–H and O–H groups in total. The van der Waals surface area contributed by atoms with Gasteiger partial charge >= 0.3 is 12.4 Å². The Bertz CT molecular complexity index is 1570. The Hall–Kier alpha value is -4.20. The number of hydrogen-bond donors (Lipinski definition) is 0. The van der Waals surface area contributed by atoms with E-state index in [1.807, 2.05) is 6.07 Å². The van der Waals surface area contributed by atoms with Gasteiger partial charge in [-0.2, -0.15) is 26.3 Å². The number of pyridine rings is 2. The molecule has 5 heterocycles. The second kappa shape index (κ2) is 9.47. The molecule has 6 rings (SSSR count). The number of alkyl halides is 6. The quantitative estimate of drug-likeness (QED) is 0.264. The molecule has 0 fully saturated rings. The third-order valence-corrected chi connectivity index (χ3v) is 7.89. The third-order valence-electron chi connectivity index (χ3n) is 6.67. The zero-order valence-electron chi connectivity index (χ0n) is 20.3. The third kappa shape index (κ3) is 4.61. The summed E-state index contributed by atoms with van der Waals surface area (Å²) in [6.45, 7) is 0. The first-order chi connectivity index (χ1) is 19.0. The summed E-state index contributed by atoms with van der Waals surface area (Å²) in [5, 5.41) is 0. The molecule has 40 heavy (non-hydrogen) atoms. The summed E-state index contributed by atoms with van der Waals surface area (Å²) in [6.07, 6.45) is -0.156. The molecule has 0 spiro atoms. The van der Waals surface area contributed by atoms with Gasteiger partial charge in [0.15, 0.2) is 12.0 Å². The van der Waals surface area contributed by atoms with Crippen LogP contribution in [0, 0.1) is 0 Å². The molecule has 0 saturated heterocycles. The van der Waals surface area contributed by atoms with Crippen molar-refractivity contribution < 1.29 is 31.1 Å². The monoisotopic (exact) mass is 576 g/mol. The van der Waals surface area contributed by atoms with Crippen molar-refractivity contribution >= 4 is 23.1 Å². The van der Waals surface area contributed by atoms with Gasteiger partial charge in [-0.05, 0) is 55.2 Å². The van der Waals surface area contributed by atoms with E-state index in [1.54, 1.807) is 0 Å². The number of fused-ring (bicyclic) bond motifs is 1. The van der Waals surface area contributed by atoms with Crippen LogP contribution < -0.4 is 4.90 Å². The SMILES string of the molecule is O=C(c1cc2c(s1)CCC2)N1C=CN(c2ccc(C(F)(F)F)cn2)[C@H]1c1nccn1-c1ccc(C(F)(F)F)cn1. The summed E-state index contributed by atoms with van der Waals surface area (Å²) >= 11 is 1.39. The molecule has 1 atom stereocenters. The van der Waals surface area contributed by atoms with Crippen molar-refractivity contribution in [3.8, 4) is 5.82 Å². The number of thiophene rings is 1. The van der Waals surface area contributed by atoms with Crippen molar-refractivity contribution in [1.82, 2.24) is 24.4 Å². The lowest BCUT2D eigenvalue weighted by Crippen LogP contribution is -2.36. The molecule has 4 aromatic rings. The van der Waals surface area contributed by atoms with Gasteiger partial charge in [0.05, 0.1) is 16.0 Å². The minimum absolute atomic E-state index is 0.105. The van der Waals surface area contributed by atoms with Crippen LogP contribution >= 0.6 is 11.3 Å². The smallest absolute Gasteiger partial charge is 0.303 e. The van der Waals surface area contributed by atoms with Crippen molar-refractivity contribution in [3.05, 3.63) is 99.8 Å². The highest BCUT2D eigenvalue weighted by molar-refractivity contribution is 7.14. The number of aryl methyl sites for hydroxylation is 2. The maximum Gasteiger partial charge on any atom is 0.417 e. The van der Waals surface area contributed by atoms with Crippen LogP contribution in [0.1, 0.15) is 49.7 Å². The number of carbonyl (C=O) groups is 1. The first-order valence-electron chi connectivity index (χ1n) is 12.0. The summed E-state index contributed by atoms with van der Waals surface area (Å²) < 4.78 is 80.2. The fourth-order valence-electron chi connectivity index (χ4n) is 4.73. The number of halogens is 6. The molecular formula is C26H18F6N6OS. The summed E-state index contributed by atoms with van der Waals surface area (Å²) in [5.74, 6) is 0.0461. The van der Waals surface area contributed by atoms with Gasteiger partial charge in [0, 0.05) is 42.1 Å². The predicted molar refractivity (Wildman–Crippen MR) is 132 cm³/mol. The summed E-state index contributed by atoms with van der Waals surface area (Å²) in [4.78, 5) is 30.5. The van der Waals surface area contributed by atoms with Crippen molar-refractivity contribution in [2.75, 3.05) is 4.90 Å². The van der Waals surface area contributed by atoms with Crippen LogP contribution in [0.15, 0.2) is 67.5 Å². The summed E-state index contributed by atoms with van der Waals surface area (Å²) in [7, 11) is 0. The second-order valence-corrected chi connectivity index (χ2v) is 10.3. The van der Waals surface area contributed by atoms with Gasteiger partial charge in [-0.15, -0.1) is 11.3 Å². The number of amides is 1. The van der Waals surface area contributed by atoms with Crippen LogP contribution in [0.25, 0.3) is 5.82 Å².